The van der Waals surface area contributed by atoms with Crippen molar-refractivity contribution in [1.82, 2.24) is 19.1 Å². The summed E-state index contributed by atoms with van der Waals surface area (Å²) in [7, 11) is -4.55. The van der Waals surface area contributed by atoms with Crippen LogP contribution in [-0.4, -0.2) is 52.5 Å². The number of alkyl halides is 3. The van der Waals surface area contributed by atoms with Gasteiger partial charge in [-0.05, 0) is 66.5 Å². The van der Waals surface area contributed by atoms with Gasteiger partial charge in [0.2, 0.25) is 10.0 Å². The first-order chi connectivity index (χ1) is 17.6. The Hall–Kier alpha value is -2.98. The molecule has 37 heavy (non-hydrogen) atoms. The highest BCUT2D eigenvalue weighted by molar-refractivity contribution is 7.89. The molecule has 2 aliphatic rings. The highest BCUT2D eigenvalue weighted by atomic mass is 32.2. The van der Waals surface area contributed by atoms with Crippen LogP contribution in [0.25, 0.3) is 11.8 Å². The highest BCUT2D eigenvalue weighted by Crippen LogP contribution is 2.53. The molecule has 1 fully saturated rings. The first-order valence-electron chi connectivity index (χ1n) is 12.3. The minimum absolute atomic E-state index is 0.0429. The van der Waals surface area contributed by atoms with E-state index in [2.05, 4.69) is 23.1 Å². The third-order valence-electron chi connectivity index (χ3n) is 7.66. The summed E-state index contributed by atoms with van der Waals surface area (Å²) >= 11 is 0. The standard InChI is InChI=1S/C27H29F3N4O2S/c1-26-16-20-17-32-34(24-8-3-2-4-9-24)25(20)15-21(26)10-11-22(26)18-33(37(35,36)19-27(28,29)30)14-12-23-7-5-6-13-31-23/h2-9,13,15,17,22H,10-12,14,16,18-19H2,1H3/t22?,26-/m0/s1. The maximum absolute atomic E-state index is 13.2. The van der Waals surface area contributed by atoms with Crippen molar-refractivity contribution in [3.8, 4) is 5.69 Å². The van der Waals surface area contributed by atoms with Crippen molar-refractivity contribution < 1.29 is 21.6 Å². The van der Waals surface area contributed by atoms with Crippen molar-refractivity contribution in [2.24, 2.45) is 11.3 Å². The third kappa shape index (κ3) is 5.36. The summed E-state index contributed by atoms with van der Waals surface area (Å²) in [6.07, 6.45) is 3.17. The number of benzene rings is 1. The molecular weight excluding hydrogens is 501 g/mol. The molecule has 0 radical (unpaired) electrons. The summed E-state index contributed by atoms with van der Waals surface area (Å²) < 4.78 is 68.4. The average Bonchev–Trinajstić information content (AvgIpc) is 3.39. The molecule has 10 heteroatoms. The Morgan fingerprint density at radius 2 is 1.89 bits per heavy atom. The van der Waals surface area contributed by atoms with Crippen LogP contribution in [0.4, 0.5) is 13.2 Å². The van der Waals surface area contributed by atoms with E-state index in [9.17, 15) is 21.6 Å². The predicted molar refractivity (Wildman–Crippen MR) is 135 cm³/mol. The molecule has 1 unspecified atom stereocenters. The summed E-state index contributed by atoms with van der Waals surface area (Å²) in [4.78, 5) is 4.21. The van der Waals surface area contributed by atoms with Crippen molar-refractivity contribution in [3.63, 3.8) is 0 Å². The van der Waals surface area contributed by atoms with Crippen LogP contribution >= 0.6 is 0 Å². The molecule has 5 rings (SSSR count). The Labute approximate surface area is 214 Å². The zero-order valence-corrected chi connectivity index (χ0v) is 21.3. The van der Waals surface area contributed by atoms with Gasteiger partial charge in [-0.1, -0.05) is 36.8 Å². The van der Waals surface area contributed by atoms with Gasteiger partial charge in [0.1, 0.15) is 0 Å². The fourth-order valence-corrected chi connectivity index (χ4v) is 7.05. The predicted octanol–water partition coefficient (Wildman–Crippen LogP) is 5.06. The summed E-state index contributed by atoms with van der Waals surface area (Å²) in [5, 5.41) is 4.59. The average molecular weight is 531 g/mol. The fraction of sp³-hybridized carbons (Fsp3) is 0.407. The van der Waals surface area contributed by atoms with Crippen LogP contribution in [0, 0.1) is 11.3 Å². The maximum atomic E-state index is 13.2. The maximum Gasteiger partial charge on any atom is 0.404 e. The number of allylic oxidation sites excluding steroid dienone is 1. The van der Waals surface area contributed by atoms with Gasteiger partial charge in [-0.3, -0.25) is 4.98 Å². The van der Waals surface area contributed by atoms with E-state index in [-0.39, 0.29) is 30.8 Å². The second-order valence-electron chi connectivity index (χ2n) is 10.1. The van der Waals surface area contributed by atoms with E-state index < -0.39 is 22.0 Å². The number of sulfonamides is 1. The van der Waals surface area contributed by atoms with E-state index in [1.165, 1.54) is 5.57 Å². The molecule has 0 amide bonds. The fourth-order valence-electron chi connectivity index (χ4n) is 5.67. The van der Waals surface area contributed by atoms with Gasteiger partial charge in [0.05, 0.1) is 17.6 Å². The number of hydrogen-bond donors (Lipinski definition) is 0. The van der Waals surface area contributed by atoms with Crippen LogP contribution in [0.5, 0.6) is 0 Å². The molecule has 1 saturated carbocycles. The summed E-state index contributed by atoms with van der Waals surface area (Å²) in [6, 6.07) is 15.1. The number of aromatic nitrogens is 3. The van der Waals surface area contributed by atoms with Gasteiger partial charge in [-0.2, -0.15) is 18.3 Å². The van der Waals surface area contributed by atoms with Crippen molar-refractivity contribution in [1.29, 1.82) is 0 Å². The molecule has 1 aromatic carbocycles. The van der Waals surface area contributed by atoms with Gasteiger partial charge in [0, 0.05) is 31.4 Å². The molecule has 0 bridgehead atoms. The van der Waals surface area contributed by atoms with E-state index in [1.807, 2.05) is 41.2 Å². The van der Waals surface area contributed by atoms with Gasteiger partial charge in [-0.25, -0.2) is 17.4 Å². The Kier molecular flexibility index (Phi) is 6.74. The van der Waals surface area contributed by atoms with Crippen LogP contribution in [0.3, 0.4) is 0 Å². The Morgan fingerprint density at radius 3 is 2.59 bits per heavy atom. The molecule has 196 valence electrons. The molecule has 2 aromatic heterocycles. The van der Waals surface area contributed by atoms with E-state index in [1.54, 1.807) is 24.4 Å². The van der Waals surface area contributed by atoms with Crippen molar-refractivity contribution in [3.05, 3.63) is 83.4 Å². The third-order valence-corrected chi connectivity index (χ3v) is 9.47. The van der Waals surface area contributed by atoms with Crippen LogP contribution in [-0.2, 0) is 22.9 Å². The first kappa shape index (κ1) is 25.7. The number of para-hydroxylation sites is 1. The largest absolute Gasteiger partial charge is 0.404 e. The minimum atomic E-state index is -4.81. The quantitative estimate of drug-likeness (QED) is 0.408. The summed E-state index contributed by atoms with van der Waals surface area (Å²) in [5.74, 6) is -1.97. The second kappa shape index (κ2) is 9.72. The Morgan fingerprint density at radius 1 is 1.14 bits per heavy atom. The number of nitrogens with zero attached hydrogens (tertiary/aromatic N) is 4. The number of halogens is 3. The Bertz CT molecular complexity index is 1390. The molecule has 0 aliphatic heterocycles. The molecule has 0 spiro atoms. The number of rotatable bonds is 8. The second-order valence-corrected chi connectivity index (χ2v) is 12.1. The van der Waals surface area contributed by atoms with Crippen LogP contribution in [0.2, 0.25) is 0 Å². The lowest BCUT2D eigenvalue weighted by Gasteiger charge is -2.38. The van der Waals surface area contributed by atoms with Crippen LogP contribution < -0.4 is 0 Å². The molecule has 2 atom stereocenters. The lowest BCUT2D eigenvalue weighted by Crippen LogP contribution is -2.44. The highest BCUT2D eigenvalue weighted by Gasteiger charge is 2.48. The van der Waals surface area contributed by atoms with Crippen LogP contribution in [0.1, 0.15) is 36.7 Å². The normalized spacial score (nSPS) is 21.5. The molecule has 3 aromatic rings. The molecular formula is C27H29F3N4O2S. The minimum Gasteiger partial charge on any atom is -0.261 e. The molecule has 2 aliphatic carbocycles. The van der Waals surface area contributed by atoms with Crippen molar-refractivity contribution >= 4 is 16.1 Å². The topological polar surface area (TPSA) is 68.1 Å². The van der Waals surface area contributed by atoms with E-state index in [4.69, 9.17) is 0 Å². The zero-order chi connectivity index (χ0) is 26.3. The molecule has 2 heterocycles. The van der Waals surface area contributed by atoms with E-state index in [0.717, 1.165) is 27.7 Å². The van der Waals surface area contributed by atoms with Gasteiger partial charge in [0.25, 0.3) is 0 Å². The molecule has 0 saturated heterocycles. The van der Waals surface area contributed by atoms with E-state index >= 15 is 0 Å². The van der Waals surface area contributed by atoms with E-state index in [0.29, 0.717) is 18.5 Å². The number of hydrogen-bond acceptors (Lipinski definition) is 4. The van der Waals surface area contributed by atoms with Crippen molar-refractivity contribution in [2.75, 3.05) is 18.8 Å². The van der Waals surface area contributed by atoms with Gasteiger partial charge in [0.15, 0.2) is 5.75 Å². The molecule has 0 N–H and O–H groups in total. The van der Waals surface area contributed by atoms with Gasteiger partial charge >= 0.3 is 6.18 Å². The van der Waals surface area contributed by atoms with Crippen molar-refractivity contribution in [2.45, 2.75) is 38.8 Å². The van der Waals surface area contributed by atoms with Gasteiger partial charge in [-0.15, -0.1) is 0 Å². The zero-order valence-electron chi connectivity index (χ0n) is 20.5. The Balaban J connectivity index is 1.40. The lowest BCUT2D eigenvalue weighted by atomic mass is 9.70. The monoisotopic (exact) mass is 530 g/mol. The summed E-state index contributed by atoms with van der Waals surface area (Å²) in [6.45, 7) is 2.10. The van der Waals surface area contributed by atoms with Gasteiger partial charge < -0.3 is 0 Å². The smallest absolute Gasteiger partial charge is 0.261 e. The number of pyridine rings is 1. The molecule has 6 nitrogen and oxygen atoms in total. The van der Waals surface area contributed by atoms with Crippen LogP contribution in [0.15, 0.2) is 66.5 Å². The first-order valence-corrected chi connectivity index (χ1v) is 13.9. The SMILES string of the molecule is C[C@]12Cc3cnn(-c4ccccc4)c3C=C1CCC2CN(CCc1ccccn1)S(=O)(=O)CC(F)(F)F. The lowest BCUT2D eigenvalue weighted by molar-refractivity contribution is -0.107. The number of fused-ring (bicyclic) bond motifs is 2. The summed E-state index contributed by atoms with van der Waals surface area (Å²) in [5.41, 5.74) is 4.51.